The van der Waals surface area contributed by atoms with Gasteiger partial charge in [-0.1, -0.05) is 6.07 Å². The fourth-order valence-corrected chi connectivity index (χ4v) is 0.549. The molecule has 0 unspecified atom stereocenters. The number of rotatable bonds is 1. The van der Waals surface area contributed by atoms with Crippen molar-refractivity contribution in [2.75, 3.05) is 0 Å². The Morgan fingerprint density at radius 3 is 2.78 bits per heavy atom. The van der Waals surface area contributed by atoms with Gasteiger partial charge in [-0.15, -0.1) is 0 Å². The van der Waals surface area contributed by atoms with Crippen LogP contribution in [-0.2, 0) is 0 Å². The van der Waals surface area contributed by atoms with E-state index in [9.17, 15) is 4.79 Å². The minimum absolute atomic E-state index is 0.487. The maximum absolute atomic E-state index is 10.1. The molecule has 1 heterocycles. The van der Waals surface area contributed by atoms with Gasteiger partial charge >= 0.3 is 0 Å². The van der Waals surface area contributed by atoms with Crippen molar-refractivity contribution in [3.8, 4) is 0 Å². The Bertz CT molecular complexity index is 203. The van der Waals surface area contributed by atoms with E-state index in [-0.39, 0.29) is 0 Å². The minimum atomic E-state index is 0.487. The van der Waals surface area contributed by atoms with Crippen molar-refractivity contribution >= 4 is 6.29 Å². The molecule has 0 radical (unpaired) electrons. The van der Waals surface area contributed by atoms with Crippen LogP contribution >= 0.6 is 0 Å². The lowest BCUT2D eigenvalue weighted by molar-refractivity contribution is 0.111. The molecule has 0 aliphatic rings. The summed E-state index contributed by atoms with van der Waals surface area (Å²) in [5.74, 6) is 0. The number of hydrogen-bond donors (Lipinski definition) is 0. The van der Waals surface area contributed by atoms with E-state index in [2.05, 4.69) is 4.98 Å². The third-order valence-electron chi connectivity index (χ3n) is 1.05. The summed E-state index contributed by atoms with van der Waals surface area (Å²) in [6.45, 7) is 1.93. The van der Waals surface area contributed by atoms with Crippen molar-refractivity contribution in [2.45, 2.75) is 6.92 Å². The third kappa shape index (κ3) is 1.35. The van der Waals surface area contributed by atoms with Crippen LogP contribution in [0.5, 0.6) is 0 Å². The molecule has 1 aromatic heterocycles. The first-order valence-electron chi connectivity index (χ1n) is 2.71. The molecule has 0 atom stereocenters. The molecule has 0 amide bonds. The van der Waals surface area contributed by atoms with E-state index in [1.165, 1.54) is 0 Å². The highest BCUT2D eigenvalue weighted by molar-refractivity contribution is 5.71. The van der Waals surface area contributed by atoms with Crippen LogP contribution in [0, 0.1) is 6.92 Å². The maximum Gasteiger partial charge on any atom is 0.168 e. The second kappa shape index (κ2) is 2.40. The molecule has 9 heavy (non-hydrogen) atoms. The van der Waals surface area contributed by atoms with Crippen LogP contribution in [0.3, 0.4) is 0 Å². The Kier molecular flexibility index (Phi) is 1.58. The number of hydrogen-bond acceptors (Lipinski definition) is 2. The van der Waals surface area contributed by atoms with Gasteiger partial charge in [0, 0.05) is 6.20 Å². The zero-order valence-electron chi connectivity index (χ0n) is 5.16. The van der Waals surface area contributed by atoms with Gasteiger partial charge in [-0.25, -0.2) is 0 Å². The number of carbonyl (C=O) groups excluding carboxylic acids is 1. The lowest BCUT2D eigenvalue weighted by atomic mass is 10.3. The average molecular weight is 121 g/mol. The number of aryl methyl sites for hydroxylation is 1. The average Bonchev–Trinajstić information content (AvgIpc) is 1.90. The molecule has 0 saturated carbocycles. The molecule has 0 aromatic carbocycles. The quantitative estimate of drug-likeness (QED) is 0.522. The maximum atomic E-state index is 10.1. The van der Waals surface area contributed by atoms with Gasteiger partial charge in [0.05, 0.1) is 0 Å². The molecule has 0 saturated heterocycles. The van der Waals surface area contributed by atoms with E-state index in [4.69, 9.17) is 0 Å². The van der Waals surface area contributed by atoms with E-state index >= 15 is 0 Å². The number of carbonyl (C=O) groups is 1. The molecule has 46 valence electrons. The highest BCUT2D eigenvalue weighted by Gasteiger charge is 1.86. The number of aromatic nitrogens is 1. The van der Waals surface area contributed by atoms with E-state index in [0.717, 1.165) is 11.8 Å². The Labute approximate surface area is 53.5 Å². The molecule has 0 bridgehead atoms. The SMILES string of the molecule is Cc1ccc(C=O)nc1. The fraction of sp³-hybridized carbons (Fsp3) is 0.143. The van der Waals surface area contributed by atoms with Crippen molar-refractivity contribution in [1.82, 2.24) is 4.98 Å². The van der Waals surface area contributed by atoms with Crippen LogP contribution in [0.15, 0.2) is 18.3 Å². The monoisotopic (exact) mass is 121 g/mol. The first-order chi connectivity index (χ1) is 4.33. The summed E-state index contributed by atoms with van der Waals surface area (Å²) in [5.41, 5.74) is 1.56. The molecule has 0 spiro atoms. The van der Waals surface area contributed by atoms with Crippen LogP contribution in [-0.4, -0.2) is 11.3 Å². The van der Waals surface area contributed by atoms with Crippen LogP contribution in [0.25, 0.3) is 0 Å². The first kappa shape index (κ1) is 5.95. The summed E-state index contributed by atoms with van der Waals surface area (Å²) in [5, 5.41) is 0. The van der Waals surface area contributed by atoms with Crippen LogP contribution in [0.2, 0.25) is 0 Å². The van der Waals surface area contributed by atoms with E-state index in [1.54, 1.807) is 12.3 Å². The zero-order chi connectivity index (χ0) is 6.69. The second-order valence-electron chi connectivity index (χ2n) is 1.88. The van der Waals surface area contributed by atoms with Crippen LogP contribution < -0.4 is 0 Å². The predicted molar refractivity (Wildman–Crippen MR) is 34.4 cm³/mol. The first-order valence-corrected chi connectivity index (χ1v) is 2.71. The highest BCUT2D eigenvalue weighted by Crippen LogP contribution is 1.94. The smallest absolute Gasteiger partial charge is 0.168 e. The number of pyridine rings is 1. The lowest BCUT2D eigenvalue weighted by Gasteiger charge is -1.88. The lowest BCUT2D eigenvalue weighted by Crippen LogP contribution is -1.84. The van der Waals surface area contributed by atoms with Crippen molar-refractivity contribution < 1.29 is 4.79 Å². The van der Waals surface area contributed by atoms with Crippen LogP contribution in [0.1, 0.15) is 16.1 Å². The summed E-state index contributed by atoms with van der Waals surface area (Å²) in [6.07, 6.45) is 2.41. The van der Waals surface area contributed by atoms with Gasteiger partial charge in [0.25, 0.3) is 0 Å². The predicted octanol–water partition coefficient (Wildman–Crippen LogP) is 1.20. The third-order valence-corrected chi connectivity index (χ3v) is 1.05. The molecule has 0 fully saturated rings. The fourth-order valence-electron chi connectivity index (χ4n) is 0.549. The largest absolute Gasteiger partial charge is 0.296 e. The second-order valence-corrected chi connectivity index (χ2v) is 1.88. The zero-order valence-corrected chi connectivity index (χ0v) is 5.16. The molecular weight excluding hydrogens is 114 g/mol. The Morgan fingerprint density at radius 2 is 2.33 bits per heavy atom. The van der Waals surface area contributed by atoms with E-state index in [1.807, 2.05) is 13.0 Å². The highest BCUT2D eigenvalue weighted by atomic mass is 16.1. The topological polar surface area (TPSA) is 30.0 Å². The van der Waals surface area contributed by atoms with Gasteiger partial charge in [0.15, 0.2) is 6.29 Å². The van der Waals surface area contributed by atoms with Gasteiger partial charge in [0.2, 0.25) is 0 Å². The van der Waals surface area contributed by atoms with Crippen molar-refractivity contribution in [3.05, 3.63) is 29.6 Å². The van der Waals surface area contributed by atoms with E-state index < -0.39 is 0 Å². The van der Waals surface area contributed by atoms with Gasteiger partial charge in [0.1, 0.15) is 5.69 Å². The molecule has 1 aromatic rings. The normalized spacial score (nSPS) is 9.00. The van der Waals surface area contributed by atoms with Crippen molar-refractivity contribution in [1.29, 1.82) is 0 Å². The van der Waals surface area contributed by atoms with Crippen molar-refractivity contribution in [2.24, 2.45) is 0 Å². The summed E-state index contributed by atoms with van der Waals surface area (Å²) in [4.78, 5) is 13.9. The van der Waals surface area contributed by atoms with Gasteiger partial charge in [-0.05, 0) is 18.6 Å². The summed E-state index contributed by atoms with van der Waals surface area (Å²) >= 11 is 0. The van der Waals surface area contributed by atoms with Crippen molar-refractivity contribution in [3.63, 3.8) is 0 Å². The summed E-state index contributed by atoms with van der Waals surface area (Å²) < 4.78 is 0. The Morgan fingerprint density at radius 1 is 1.56 bits per heavy atom. The van der Waals surface area contributed by atoms with Gasteiger partial charge < -0.3 is 0 Å². The van der Waals surface area contributed by atoms with Gasteiger partial charge in [-0.3, -0.25) is 9.78 Å². The summed E-state index contributed by atoms with van der Waals surface area (Å²) in [7, 11) is 0. The number of nitrogens with zero attached hydrogens (tertiary/aromatic N) is 1. The van der Waals surface area contributed by atoms with E-state index in [0.29, 0.717) is 5.69 Å². The Balaban J connectivity index is 3.01. The number of aldehydes is 1. The minimum Gasteiger partial charge on any atom is -0.296 e. The molecule has 2 heteroatoms. The van der Waals surface area contributed by atoms with Crippen LogP contribution in [0.4, 0.5) is 0 Å². The molecule has 0 N–H and O–H groups in total. The van der Waals surface area contributed by atoms with Gasteiger partial charge in [-0.2, -0.15) is 0 Å². The molecular formula is C7H7NO. The summed E-state index contributed by atoms with van der Waals surface area (Å²) in [6, 6.07) is 3.55. The Hall–Kier alpha value is -1.18. The molecule has 0 aliphatic carbocycles. The molecule has 1 rings (SSSR count). The molecule has 0 aliphatic heterocycles. The standard InChI is InChI=1S/C7H7NO/c1-6-2-3-7(5-9)8-4-6/h2-5H,1H3. The molecule has 2 nitrogen and oxygen atoms in total.